The molecule has 0 unspecified atom stereocenters. The number of carboxylic acid groups (broad SMARTS) is 1. The molecule has 0 aromatic heterocycles. The molecule has 2 rings (SSSR count). The Morgan fingerprint density at radius 2 is 2.12 bits per heavy atom. The largest absolute Gasteiger partial charge is 0.481 e. The maximum Gasteiger partial charge on any atom is 0.307 e. The molecular weight excluding hydrogens is 220 g/mol. The highest BCUT2D eigenvalue weighted by molar-refractivity contribution is 5.82. The van der Waals surface area contributed by atoms with Gasteiger partial charge in [0.25, 0.3) is 0 Å². The third kappa shape index (κ3) is 2.22. The Kier molecular flexibility index (Phi) is 2.99. The van der Waals surface area contributed by atoms with Gasteiger partial charge in [-0.15, -0.1) is 0 Å². The Morgan fingerprint density at radius 1 is 1.41 bits per heavy atom. The summed E-state index contributed by atoms with van der Waals surface area (Å²) < 4.78 is 0. The minimum Gasteiger partial charge on any atom is -0.481 e. The molecule has 1 aliphatic heterocycles. The van der Waals surface area contributed by atoms with Gasteiger partial charge in [-0.2, -0.15) is 0 Å². The zero-order valence-corrected chi connectivity index (χ0v) is 9.59. The van der Waals surface area contributed by atoms with Crippen molar-refractivity contribution in [2.24, 2.45) is 0 Å². The summed E-state index contributed by atoms with van der Waals surface area (Å²) in [6.07, 6.45) is 0.437. The summed E-state index contributed by atoms with van der Waals surface area (Å²) in [4.78, 5) is 22.2. The van der Waals surface area contributed by atoms with Crippen molar-refractivity contribution in [3.8, 4) is 0 Å². The minimum atomic E-state index is -0.870. The van der Waals surface area contributed by atoms with Gasteiger partial charge in [-0.3, -0.25) is 19.6 Å². The summed E-state index contributed by atoms with van der Waals surface area (Å²) in [5, 5.41) is 12.2. The Balaban J connectivity index is 2.31. The number of nitrogens with zero attached hydrogens (tertiary/aromatic N) is 2. The van der Waals surface area contributed by atoms with Crippen molar-refractivity contribution in [3.05, 3.63) is 29.8 Å². The number of para-hydroxylation sites is 1. The Morgan fingerprint density at radius 3 is 2.71 bits per heavy atom. The number of rotatable bonds is 3. The first-order valence-electron chi connectivity index (χ1n) is 5.43. The molecule has 1 aliphatic rings. The number of carbonyl (C=O) groups excluding carboxylic acids is 1. The molecule has 0 spiro atoms. The van der Waals surface area contributed by atoms with Crippen LogP contribution in [0.4, 0.5) is 5.69 Å². The molecule has 17 heavy (non-hydrogen) atoms. The second-order valence-corrected chi connectivity index (χ2v) is 3.99. The predicted molar refractivity (Wildman–Crippen MR) is 62.5 cm³/mol. The van der Waals surface area contributed by atoms with E-state index in [2.05, 4.69) is 0 Å². The quantitative estimate of drug-likeness (QED) is 0.844. The summed E-state index contributed by atoms with van der Waals surface area (Å²) in [6, 6.07) is 7.27. The van der Waals surface area contributed by atoms with Crippen LogP contribution in [-0.4, -0.2) is 35.6 Å². The van der Waals surface area contributed by atoms with Gasteiger partial charge in [0, 0.05) is 20.0 Å². The van der Waals surface area contributed by atoms with E-state index >= 15 is 0 Å². The van der Waals surface area contributed by atoms with Gasteiger partial charge >= 0.3 is 5.97 Å². The number of amides is 1. The number of hydrogen-bond donors (Lipinski definition) is 1. The SMILES string of the molecule is CN1C(=O)CCN1c1ccccc1CC(=O)O. The monoisotopic (exact) mass is 234 g/mol. The molecule has 5 heteroatoms. The van der Waals surface area contributed by atoms with Gasteiger partial charge in [0.1, 0.15) is 0 Å². The highest BCUT2D eigenvalue weighted by Crippen LogP contribution is 2.25. The summed E-state index contributed by atoms with van der Waals surface area (Å²) in [7, 11) is 1.70. The molecule has 1 saturated heterocycles. The fourth-order valence-electron chi connectivity index (χ4n) is 2.01. The second-order valence-electron chi connectivity index (χ2n) is 3.99. The van der Waals surface area contributed by atoms with E-state index in [4.69, 9.17) is 5.11 Å². The second kappa shape index (κ2) is 4.45. The zero-order valence-electron chi connectivity index (χ0n) is 9.59. The number of carbonyl (C=O) groups is 2. The van der Waals surface area contributed by atoms with E-state index in [1.165, 1.54) is 0 Å². The van der Waals surface area contributed by atoms with Crippen LogP contribution in [0.5, 0.6) is 0 Å². The van der Waals surface area contributed by atoms with Crippen LogP contribution in [0.25, 0.3) is 0 Å². The number of hydrogen-bond acceptors (Lipinski definition) is 3. The van der Waals surface area contributed by atoms with E-state index in [9.17, 15) is 9.59 Å². The van der Waals surface area contributed by atoms with Crippen LogP contribution >= 0.6 is 0 Å². The normalized spacial score (nSPS) is 15.5. The standard InChI is InChI=1S/C12H14N2O3/c1-13-11(15)6-7-14(13)10-5-3-2-4-9(10)8-12(16)17/h2-5H,6-8H2,1H3,(H,16,17). The fraction of sp³-hybridized carbons (Fsp3) is 0.333. The first-order chi connectivity index (χ1) is 8.09. The van der Waals surface area contributed by atoms with Crippen molar-refractivity contribution in [1.82, 2.24) is 5.01 Å². The molecule has 0 radical (unpaired) electrons. The fourth-order valence-corrected chi connectivity index (χ4v) is 2.01. The van der Waals surface area contributed by atoms with Crippen molar-refractivity contribution in [3.63, 3.8) is 0 Å². The van der Waals surface area contributed by atoms with E-state index in [0.717, 1.165) is 11.3 Å². The van der Waals surface area contributed by atoms with E-state index < -0.39 is 5.97 Å². The molecule has 1 N–H and O–H groups in total. The lowest BCUT2D eigenvalue weighted by Gasteiger charge is -2.27. The summed E-state index contributed by atoms with van der Waals surface area (Å²) in [5.74, 6) is -0.819. The molecule has 0 atom stereocenters. The predicted octanol–water partition coefficient (Wildman–Crippen LogP) is 0.897. The van der Waals surface area contributed by atoms with Crippen LogP contribution in [0.3, 0.4) is 0 Å². The van der Waals surface area contributed by atoms with Crippen molar-refractivity contribution < 1.29 is 14.7 Å². The topological polar surface area (TPSA) is 60.9 Å². The van der Waals surface area contributed by atoms with Gasteiger partial charge in [-0.05, 0) is 11.6 Å². The average Bonchev–Trinajstić information content (AvgIpc) is 2.60. The Labute approximate surface area is 99.2 Å². The van der Waals surface area contributed by atoms with Crippen LogP contribution in [0.1, 0.15) is 12.0 Å². The van der Waals surface area contributed by atoms with Crippen molar-refractivity contribution in [2.75, 3.05) is 18.6 Å². The third-order valence-corrected chi connectivity index (χ3v) is 2.87. The molecular formula is C12H14N2O3. The number of anilines is 1. The molecule has 0 aliphatic carbocycles. The summed E-state index contributed by atoms with van der Waals surface area (Å²) >= 11 is 0. The summed E-state index contributed by atoms with van der Waals surface area (Å²) in [5.41, 5.74) is 1.52. The van der Waals surface area contributed by atoms with Crippen molar-refractivity contribution in [2.45, 2.75) is 12.8 Å². The maximum atomic E-state index is 11.5. The van der Waals surface area contributed by atoms with E-state index in [1.807, 2.05) is 17.1 Å². The van der Waals surface area contributed by atoms with Gasteiger partial charge in [-0.1, -0.05) is 18.2 Å². The number of aliphatic carboxylic acids is 1. The molecule has 1 aromatic carbocycles. The van der Waals surface area contributed by atoms with Crippen LogP contribution in [0.2, 0.25) is 0 Å². The first kappa shape index (κ1) is 11.4. The molecule has 1 fully saturated rings. The van der Waals surface area contributed by atoms with E-state index in [-0.39, 0.29) is 12.3 Å². The molecule has 5 nitrogen and oxygen atoms in total. The highest BCUT2D eigenvalue weighted by atomic mass is 16.4. The van der Waals surface area contributed by atoms with Crippen LogP contribution in [0, 0.1) is 0 Å². The molecule has 1 amide bonds. The van der Waals surface area contributed by atoms with Crippen LogP contribution in [0.15, 0.2) is 24.3 Å². The van der Waals surface area contributed by atoms with Crippen molar-refractivity contribution in [1.29, 1.82) is 0 Å². The van der Waals surface area contributed by atoms with Gasteiger partial charge < -0.3 is 5.11 Å². The van der Waals surface area contributed by atoms with E-state index in [0.29, 0.717) is 13.0 Å². The molecule has 0 saturated carbocycles. The maximum absolute atomic E-state index is 11.5. The molecule has 0 bridgehead atoms. The number of benzene rings is 1. The smallest absolute Gasteiger partial charge is 0.307 e. The van der Waals surface area contributed by atoms with Crippen LogP contribution in [-0.2, 0) is 16.0 Å². The lowest BCUT2D eigenvalue weighted by Crippen LogP contribution is -2.36. The zero-order chi connectivity index (χ0) is 12.4. The van der Waals surface area contributed by atoms with Gasteiger partial charge in [-0.25, -0.2) is 0 Å². The minimum absolute atomic E-state index is 0.0330. The molecule has 90 valence electrons. The highest BCUT2D eigenvalue weighted by Gasteiger charge is 2.27. The Bertz CT molecular complexity index is 459. The van der Waals surface area contributed by atoms with Gasteiger partial charge in [0.15, 0.2) is 0 Å². The first-order valence-corrected chi connectivity index (χ1v) is 5.43. The van der Waals surface area contributed by atoms with Gasteiger partial charge in [0.05, 0.1) is 12.1 Å². The summed E-state index contributed by atoms with van der Waals surface area (Å²) in [6.45, 7) is 0.603. The molecule has 1 aromatic rings. The third-order valence-electron chi connectivity index (χ3n) is 2.87. The van der Waals surface area contributed by atoms with Crippen LogP contribution < -0.4 is 5.01 Å². The molecule has 1 heterocycles. The number of hydrazine groups is 1. The lowest BCUT2D eigenvalue weighted by atomic mass is 10.1. The Hall–Kier alpha value is -2.04. The van der Waals surface area contributed by atoms with E-state index in [1.54, 1.807) is 24.2 Å². The average molecular weight is 234 g/mol. The number of carboxylic acids is 1. The van der Waals surface area contributed by atoms with Crippen molar-refractivity contribution >= 4 is 17.6 Å². The lowest BCUT2D eigenvalue weighted by molar-refractivity contribution is -0.136. The van der Waals surface area contributed by atoms with Gasteiger partial charge in [0.2, 0.25) is 5.91 Å².